The Labute approximate surface area is 171 Å². The third kappa shape index (κ3) is 7.38. The molecule has 1 aromatic carbocycles. The summed E-state index contributed by atoms with van der Waals surface area (Å²) in [6.07, 6.45) is 3.30. The summed E-state index contributed by atoms with van der Waals surface area (Å²) in [7, 11) is 3.50. The fourth-order valence-electron chi connectivity index (χ4n) is 2.35. The van der Waals surface area contributed by atoms with Crippen LogP contribution < -0.4 is 11.1 Å². The van der Waals surface area contributed by atoms with Gasteiger partial charge >= 0.3 is 0 Å². The van der Waals surface area contributed by atoms with Crippen LogP contribution in [0.2, 0.25) is 0 Å². The minimum absolute atomic E-state index is 0. The molecule has 1 amide bonds. The van der Waals surface area contributed by atoms with Gasteiger partial charge in [-0.1, -0.05) is 18.2 Å². The Hall–Kier alpha value is -2.16. The predicted molar refractivity (Wildman–Crippen MR) is 116 cm³/mol. The smallest absolute Gasteiger partial charge is 0.253 e. The van der Waals surface area contributed by atoms with Crippen LogP contribution in [0.4, 0.5) is 0 Å². The first-order valence-electron chi connectivity index (χ1n) is 8.30. The maximum Gasteiger partial charge on any atom is 0.253 e. The molecule has 6 nitrogen and oxygen atoms in total. The monoisotopic (exact) mass is 467 g/mol. The third-order valence-corrected chi connectivity index (χ3v) is 3.68. The second-order valence-corrected chi connectivity index (χ2v) is 5.91. The normalized spacial score (nSPS) is 10.8. The lowest BCUT2D eigenvalue weighted by Gasteiger charge is -2.11. The van der Waals surface area contributed by atoms with Gasteiger partial charge in [0.05, 0.1) is 0 Å². The summed E-state index contributed by atoms with van der Waals surface area (Å²) in [6.45, 7) is 1.27. The number of halogens is 1. The first-order chi connectivity index (χ1) is 12.1. The van der Waals surface area contributed by atoms with Crippen LogP contribution in [0, 0.1) is 0 Å². The topological polar surface area (TPSA) is 83.6 Å². The van der Waals surface area contributed by atoms with Crippen molar-refractivity contribution in [1.29, 1.82) is 0 Å². The number of benzene rings is 1. The van der Waals surface area contributed by atoms with Gasteiger partial charge in [0.2, 0.25) is 0 Å². The van der Waals surface area contributed by atoms with Crippen LogP contribution in [-0.2, 0) is 12.8 Å². The Kier molecular flexibility index (Phi) is 9.64. The molecule has 0 radical (unpaired) electrons. The van der Waals surface area contributed by atoms with Crippen LogP contribution in [0.3, 0.4) is 0 Å². The molecule has 0 aliphatic heterocycles. The SMILES string of the molecule is CN(C)C(=O)c1cccc(CCNC(N)=NCCc2ccccn2)c1.I. The van der Waals surface area contributed by atoms with Crippen LogP contribution in [0.1, 0.15) is 21.6 Å². The zero-order valence-corrected chi connectivity index (χ0v) is 17.5. The van der Waals surface area contributed by atoms with Crippen molar-refractivity contribution in [3.05, 3.63) is 65.5 Å². The zero-order chi connectivity index (χ0) is 18.1. The third-order valence-electron chi connectivity index (χ3n) is 3.68. The molecule has 2 rings (SSSR count). The van der Waals surface area contributed by atoms with Gasteiger partial charge in [-0.15, -0.1) is 24.0 Å². The number of nitrogens with two attached hydrogens (primary N) is 1. The standard InChI is InChI=1S/C19H25N5O.HI/c1-24(2)18(25)16-7-5-6-15(14-16)9-12-22-19(20)23-13-10-17-8-3-4-11-21-17;/h3-8,11,14H,9-10,12-13H2,1-2H3,(H3,20,22,23);1H. The van der Waals surface area contributed by atoms with Crippen LogP contribution in [0.5, 0.6) is 0 Å². The van der Waals surface area contributed by atoms with E-state index in [1.807, 2.05) is 42.5 Å². The van der Waals surface area contributed by atoms with Crippen molar-refractivity contribution < 1.29 is 4.79 Å². The number of pyridine rings is 1. The number of hydrogen-bond acceptors (Lipinski definition) is 3. The van der Waals surface area contributed by atoms with E-state index in [1.54, 1.807) is 25.2 Å². The Morgan fingerprint density at radius 2 is 2.00 bits per heavy atom. The number of nitrogens with zero attached hydrogens (tertiary/aromatic N) is 3. The van der Waals surface area contributed by atoms with E-state index in [2.05, 4.69) is 15.3 Å². The molecular formula is C19H26IN5O. The molecule has 0 aliphatic carbocycles. The number of hydrogen-bond donors (Lipinski definition) is 2. The van der Waals surface area contributed by atoms with E-state index < -0.39 is 0 Å². The first-order valence-corrected chi connectivity index (χ1v) is 8.30. The second-order valence-electron chi connectivity index (χ2n) is 5.91. The number of guanidine groups is 1. The Bertz CT molecular complexity index is 719. The van der Waals surface area contributed by atoms with Gasteiger partial charge in [-0.05, 0) is 36.2 Å². The van der Waals surface area contributed by atoms with Crippen LogP contribution >= 0.6 is 24.0 Å². The molecule has 1 aromatic heterocycles. The van der Waals surface area contributed by atoms with Gasteiger partial charge < -0.3 is 16.0 Å². The number of carbonyl (C=O) groups excluding carboxylic acids is 1. The number of amides is 1. The Morgan fingerprint density at radius 1 is 1.19 bits per heavy atom. The zero-order valence-electron chi connectivity index (χ0n) is 15.2. The van der Waals surface area contributed by atoms with E-state index in [1.165, 1.54) is 0 Å². The van der Waals surface area contributed by atoms with Gasteiger partial charge in [0, 0.05) is 51.1 Å². The molecule has 140 valence electrons. The average Bonchev–Trinajstić information content (AvgIpc) is 2.62. The van der Waals surface area contributed by atoms with E-state index in [0.717, 1.165) is 24.1 Å². The summed E-state index contributed by atoms with van der Waals surface area (Å²) in [5, 5.41) is 3.10. The van der Waals surface area contributed by atoms with Crippen LogP contribution in [0.25, 0.3) is 0 Å². The van der Waals surface area contributed by atoms with Gasteiger partial charge in [0.15, 0.2) is 5.96 Å². The van der Waals surface area contributed by atoms with Crippen molar-refractivity contribution in [2.45, 2.75) is 12.8 Å². The molecule has 0 saturated heterocycles. The molecule has 7 heteroatoms. The number of carbonyl (C=O) groups is 1. The van der Waals surface area contributed by atoms with Gasteiger partial charge in [0.1, 0.15) is 0 Å². The van der Waals surface area contributed by atoms with E-state index in [-0.39, 0.29) is 29.9 Å². The largest absolute Gasteiger partial charge is 0.370 e. The Morgan fingerprint density at radius 3 is 2.69 bits per heavy atom. The number of aliphatic imine (C=N–C) groups is 1. The molecule has 0 saturated carbocycles. The van der Waals surface area contributed by atoms with E-state index in [9.17, 15) is 4.79 Å². The molecule has 2 aromatic rings. The lowest BCUT2D eigenvalue weighted by molar-refractivity contribution is 0.0827. The minimum atomic E-state index is 0. The summed E-state index contributed by atoms with van der Waals surface area (Å²) >= 11 is 0. The number of rotatable bonds is 7. The highest BCUT2D eigenvalue weighted by molar-refractivity contribution is 14.0. The molecule has 0 aliphatic rings. The summed E-state index contributed by atoms with van der Waals surface area (Å²) in [6, 6.07) is 13.5. The van der Waals surface area contributed by atoms with Crippen molar-refractivity contribution in [1.82, 2.24) is 15.2 Å². The number of nitrogens with one attached hydrogen (secondary N) is 1. The highest BCUT2D eigenvalue weighted by Crippen LogP contribution is 2.07. The fraction of sp³-hybridized carbons (Fsp3) is 0.316. The van der Waals surface area contributed by atoms with Crippen LogP contribution in [0.15, 0.2) is 53.7 Å². The molecule has 0 atom stereocenters. The molecular weight excluding hydrogens is 441 g/mol. The Balaban J connectivity index is 0.00000338. The van der Waals surface area contributed by atoms with Crippen molar-refractivity contribution >= 4 is 35.8 Å². The quantitative estimate of drug-likeness (QED) is 0.371. The molecule has 0 spiro atoms. The van der Waals surface area contributed by atoms with Gasteiger partial charge in [0.25, 0.3) is 5.91 Å². The van der Waals surface area contributed by atoms with Gasteiger partial charge in [-0.2, -0.15) is 0 Å². The van der Waals surface area contributed by atoms with Crippen molar-refractivity contribution in [3.8, 4) is 0 Å². The van der Waals surface area contributed by atoms with Crippen molar-refractivity contribution in [2.24, 2.45) is 10.7 Å². The van der Waals surface area contributed by atoms with E-state index >= 15 is 0 Å². The van der Waals surface area contributed by atoms with Crippen molar-refractivity contribution in [3.63, 3.8) is 0 Å². The van der Waals surface area contributed by atoms with E-state index in [0.29, 0.717) is 24.6 Å². The lowest BCUT2D eigenvalue weighted by Crippen LogP contribution is -2.33. The average molecular weight is 467 g/mol. The molecule has 0 bridgehead atoms. The van der Waals surface area contributed by atoms with Gasteiger partial charge in [-0.25, -0.2) is 0 Å². The molecule has 3 N–H and O–H groups in total. The highest BCUT2D eigenvalue weighted by Gasteiger charge is 2.07. The second kappa shape index (κ2) is 11.5. The van der Waals surface area contributed by atoms with E-state index in [4.69, 9.17) is 5.73 Å². The van der Waals surface area contributed by atoms with Crippen molar-refractivity contribution in [2.75, 3.05) is 27.2 Å². The molecule has 26 heavy (non-hydrogen) atoms. The maximum atomic E-state index is 12.0. The molecule has 0 fully saturated rings. The first kappa shape index (κ1) is 21.9. The van der Waals surface area contributed by atoms with Crippen LogP contribution in [-0.4, -0.2) is 48.9 Å². The summed E-state index contributed by atoms with van der Waals surface area (Å²) in [5.41, 5.74) is 8.66. The predicted octanol–water partition coefficient (Wildman–Crippen LogP) is 2.09. The number of aromatic nitrogens is 1. The fourth-order valence-corrected chi connectivity index (χ4v) is 2.35. The maximum absolute atomic E-state index is 12.0. The minimum Gasteiger partial charge on any atom is -0.370 e. The summed E-state index contributed by atoms with van der Waals surface area (Å²) < 4.78 is 0. The molecule has 0 unspecified atom stereocenters. The molecule has 1 heterocycles. The summed E-state index contributed by atoms with van der Waals surface area (Å²) in [4.78, 5) is 22.1. The summed E-state index contributed by atoms with van der Waals surface area (Å²) in [5.74, 6) is 0.432. The van der Waals surface area contributed by atoms with Gasteiger partial charge in [-0.3, -0.25) is 14.8 Å². The lowest BCUT2D eigenvalue weighted by atomic mass is 10.1. The highest BCUT2D eigenvalue weighted by atomic mass is 127.